The minimum Gasteiger partial charge on any atom is -0.495 e. The molecule has 7 nitrogen and oxygen atoms in total. The number of hydrogen-bond donors (Lipinski definition) is 1. The van der Waals surface area contributed by atoms with Crippen LogP contribution in [0.5, 0.6) is 11.5 Å². The van der Waals surface area contributed by atoms with Gasteiger partial charge < -0.3 is 24.4 Å². The van der Waals surface area contributed by atoms with Gasteiger partial charge in [0.2, 0.25) is 5.91 Å². The molecule has 200 valence electrons. The van der Waals surface area contributed by atoms with Gasteiger partial charge in [-0.05, 0) is 60.6 Å². The number of benzene rings is 2. The van der Waals surface area contributed by atoms with Crippen molar-refractivity contribution >= 4 is 46.2 Å². The highest BCUT2D eigenvalue weighted by Gasteiger charge is 2.33. The maximum Gasteiger partial charge on any atom is 0.247 e. The van der Waals surface area contributed by atoms with Crippen molar-refractivity contribution in [2.45, 2.75) is 25.2 Å². The molecule has 0 saturated carbocycles. The number of allylic oxidation sites excluding steroid dienone is 1. The molecule has 2 aliphatic heterocycles. The maximum atomic E-state index is 12.2. The zero-order chi connectivity index (χ0) is 26.8. The average Bonchev–Trinajstić information content (AvgIpc) is 3.37. The molecule has 2 heterocycles. The number of hydrogen-bond acceptors (Lipinski definition) is 6. The van der Waals surface area contributed by atoms with Gasteiger partial charge in [0, 0.05) is 36.0 Å². The van der Waals surface area contributed by atoms with Crippen LogP contribution in [0.25, 0.3) is 0 Å². The van der Waals surface area contributed by atoms with E-state index in [0.29, 0.717) is 41.3 Å². The van der Waals surface area contributed by atoms with E-state index in [2.05, 4.69) is 22.9 Å². The number of carbonyl (C=O) groups is 1. The van der Waals surface area contributed by atoms with Crippen molar-refractivity contribution in [3.8, 4) is 11.5 Å². The number of nitrogens with one attached hydrogen (secondary N) is 1. The number of rotatable bonds is 7. The molecule has 1 fully saturated rings. The van der Waals surface area contributed by atoms with Crippen LogP contribution < -0.4 is 19.7 Å². The Hall–Kier alpha value is -3.00. The summed E-state index contributed by atoms with van der Waals surface area (Å²) < 4.78 is 16.5. The molecule has 1 N–H and O–H groups in total. The van der Waals surface area contributed by atoms with Crippen molar-refractivity contribution in [3.63, 3.8) is 0 Å². The summed E-state index contributed by atoms with van der Waals surface area (Å²) in [5, 5.41) is 4.03. The van der Waals surface area contributed by atoms with Gasteiger partial charge in [-0.2, -0.15) is 0 Å². The van der Waals surface area contributed by atoms with Crippen LogP contribution >= 0.6 is 23.2 Å². The van der Waals surface area contributed by atoms with E-state index in [9.17, 15) is 4.79 Å². The molecule has 9 heteroatoms. The minimum absolute atomic E-state index is 0.118. The first-order valence-corrected chi connectivity index (χ1v) is 13.5. The zero-order valence-electron chi connectivity index (χ0n) is 21.6. The predicted molar refractivity (Wildman–Crippen MR) is 153 cm³/mol. The van der Waals surface area contributed by atoms with Gasteiger partial charge in [-0.25, -0.2) is 0 Å². The van der Waals surface area contributed by atoms with Crippen molar-refractivity contribution in [1.82, 2.24) is 0 Å². The van der Waals surface area contributed by atoms with Crippen LogP contribution in [0.2, 0.25) is 10.0 Å². The van der Waals surface area contributed by atoms with Crippen LogP contribution in [0.3, 0.4) is 0 Å². The van der Waals surface area contributed by atoms with E-state index in [0.717, 1.165) is 60.6 Å². The Morgan fingerprint density at radius 3 is 2.53 bits per heavy atom. The molecule has 1 atom stereocenters. The van der Waals surface area contributed by atoms with Gasteiger partial charge in [0.25, 0.3) is 0 Å². The second-order valence-corrected chi connectivity index (χ2v) is 10.3. The summed E-state index contributed by atoms with van der Waals surface area (Å²) in [7, 11) is 3.18. The van der Waals surface area contributed by atoms with Crippen LogP contribution in [-0.4, -0.2) is 58.7 Å². The molecule has 1 unspecified atom stereocenters. The van der Waals surface area contributed by atoms with Crippen LogP contribution in [0.4, 0.5) is 11.4 Å². The number of anilines is 2. The lowest BCUT2D eigenvalue weighted by Gasteiger charge is -2.30. The third-order valence-electron chi connectivity index (χ3n) is 7.47. The van der Waals surface area contributed by atoms with E-state index in [1.807, 2.05) is 12.1 Å². The fourth-order valence-electron chi connectivity index (χ4n) is 5.53. The Labute approximate surface area is 233 Å². The Kier molecular flexibility index (Phi) is 7.98. The number of carbonyl (C=O) groups excluding carboxylic acids is 1. The van der Waals surface area contributed by atoms with Gasteiger partial charge in [0.05, 0.1) is 55.4 Å². The summed E-state index contributed by atoms with van der Waals surface area (Å²) in [4.78, 5) is 19.5. The van der Waals surface area contributed by atoms with Gasteiger partial charge in [0.1, 0.15) is 11.5 Å². The molecule has 1 amide bonds. The normalized spacial score (nSPS) is 19.1. The number of morpholine rings is 1. The second-order valence-electron chi connectivity index (χ2n) is 9.53. The first kappa shape index (κ1) is 26.6. The molecule has 0 aromatic heterocycles. The van der Waals surface area contributed by atoms with Crippen molar-refractivity contribution in [1.29, 1.82) is 0 Å². The number of aliphatic imine (C=N–C) groups is 1. The van der Waals surface area contributed by atoms with Gasteiger partial charge in [-0.15, -0.1) is 0 Å². The van der Waals surface area contributed by atoms with E-state index in [4.69, 9.17) is 42.4 Å². The number of halogens is 2. The van der Waals surface area contributed by atoms with Crippen molar-refractivity contribution in [3.05, 3.63) is 69.2 Å². The van der Waals surface area contributed by atoms with Crippen LogP contribution in [-0.2, 0) is 9.53 Å². The highest BCUT2D eigenvalue weighted by molar-refractivity contribution is 6.38. The van der Waals surface area contributed by atoms with Gasteiger partial charge in [-0.3, -0.25) is 9.79 Å². The number of nitrogens with zero attached hydrogens (tertiary/aromatic N) is 2. The van der Waals surface area contributed by atoms with Crippen LogP contribution in [0, 0.1) is 0 Å². The fourth-order valence-corrected chi connectivity index (χ4v) is 6.34. The molecule has 5 rings (SSSR count). The molecule has 0 bridgehead atoms. The largest absolute Gasteiger partial charge is 0.495 e. The highest BCUT2D eigenvalue weighted by Crippen LogP contribution is 2.50. The zero-order valence-corrected chi connectivity index (χ0v) is 23.1. The van der Waals surface area contributed by atoms with Gasteiger partial charge in [-0.1, -0.05) is 29.8 Å². The minimum atomic E-state index is -0.252. The maximum absolute atomic E-state index is 12.2. The molecule has 3 aliphatic rings. The third kappa shape index (κ3) is 5.03. The third-order valence-corrected chi connectivity index (χ3v) is 8.25. The lowest BCUT2D eigenvalue weighted by molar-refractivity contribution is -0.111. The molecular formula is C29H31Cl2N3O4. The molecular weight excluding hydrogens is 525 g/mol. The summed E-state index contributed by atoms with van der Waals surface area (Å²) in [5.74, 6) is 0.965. The SMILES string of the molecule is C=CC(=O)Nc1ccc(N2CCOCC2)cc1C1=NCC2=C1CCC(c1c(Cl)c(OC)cc(OC)c1Cl)C2. The summed E-state index contributed by atoms with van der Waals surface area (Å²) >= 11 is 13.5. The quantitative estimate of drug-likeness (QED) is 0.421. The van der Waals surface area contributed by atoms with Crippen molar-refractivity contribution < 1.29 is 19.0 Å². The Bertz CT molecular complexity index is 1300. The Balaban J connectivity index is 1.48. The predicted octanol–water partition coefficient (Wildman–Crippen LogP) is 6.04. The number of ether oxygens (including phenoxy) is 3. The molecule has 2 aromatic rings. The second kappa shape index (κ2) is 11.4. The average molecular weight is 556 g/mol. The standard InChI is InChI=1S/C29H31Cl2N3O4/c1-4-25(35)33-22-8-6-19(34-9-11-38-12-10-34)14-21(22)29-20-7-5-17(13-18(20)16-32-29)26-27(30)23(36-2)15-24(37-3)28(26)31/h4,6,8,14-15,17H,1,5,7,9-13,16H2,2-3H3,(H,33,35). The molecule has 1 saturated heterocycles. The van der Waals surface area contributed by atoms with Crippen LogP contribution in [0.1, 0.15) is 36.3 Å². The molecule has 0 radical (unpaired) electrons. The molecule has 38 heavy (non-hydrogen) atoms. The van der Waals surface area contributed by atoms with E-state index >= 15 is 0 Å². The van der Waals surface area contributed by atoms with Gasteiger partial charge >= 0.3 is 0 Å². The smallest absolute Gasteiger partial charge is 0.247 e. The topological polar surface area (TPSA) is 72.4 Å². The van der Waals surface area contributed by atoms with Crippen molar-refractivity contribution in [2.75, 3.05) is 57.3 Å². The Morgan fingerprint density at radius 1 is 1.16 bits per heavy atom. The van der Waals surface area contributed by atoms with Gasteiger partial charge in [0.15, 0.2) is 0 Å². The number of amides is 1. The first-order chi connectivity index (χ1) is 18.4. The molecule has 1 aliphatic carbocycles. The monoisotopic (exact) mass is 555 g/mol. The summed E-state index contributed by atoms with van der Waals surface area (Å²) in [5.41, 5.74) is 7.04. The van der Waals surface area contributed by atoms with E-state index < -0.39 is 0 Å². The molecule has 2 aromatic carbocycles. The highest BCUT2D eigenvalue weighted by atomic mass is 35.5. The van der Waals surface area contributed by atoms with Crippen LogP contribution in [0.15, 0.2) is 53.1 Å². The fraction of sp³-hybridized carbons (Fsp3) is 0.379. The van der Waals surface area contributed by atoms with Crippen molar-refractivity contribution in [2.24, 2.45) is 4.99 Å². The summed E-state index contributed by atoms with van der Waals surface area (Å²) in [6, 6.07) is 7.84. The van der Waals surface area contributed by atoms with E-state index in [1.165, 1.54) is 17.2 Å². The number of methoxy groups -OCH3 is 2. The van der Waals surface area contributed by atoms with E-state index in [1.54, 1.807) is 20.3 Å². The Morgan fingerprint density at radius 2 is 1.87 bits per heavy atom. The van der Waals surface area contributed by atoms with E-state index in [-0.39, 0.29) is 11.8 Å². The lowest BCUT2D eigenvalue weighted by Crippen LogP contribution is -2.36. The lowest BCUT2D eigenvalue weighted by atomic mass is 9.78. The summed E-state index contributed by atoms with van der Waals surface area (Å²) in [6.07, 6.45) is 3.74. The molecule has 0 spiro atoms. The summed E-state index contributed by atoms with van der Waals surface area (Å²) in [6.45, 7) is 7.25. The first-order valence-electron chi connectivity index (χ1n) is 12.7.